The van der Waals surface area contributed by atoms with Gasteiger partial charge in [-0.2, -0.15) is 0 Å². The summed E-state index contributed by atoms with van der Waals surface area (Å²) in [5, 5.41) is 11.1. The molecule has 0 aliphatic heterocycles. The maximum absolute atomic E-state index is 11.8. The van der Waals surface area contributed by atoms with Gasteiger partial charge in [0.1, 0.15) is 4.83 Å². The minimum atomic E-state index is -1.10. The number of hydrogen-bond acceptors (Lipinski definition) is 5. The van der Waals surface area contributed by atoms with Gasteiger partial charge in [-0.3, -0.25) is 4.79 Å². The van der Waals surface area contributed by atoms with Gasteiger partial charge in [0.15, 0.2) is 5.16 Å². The smallest absolute Gasteiger partial charge is 0.337 e. The summed E-state index contributed by atoms with van der Waals surface area (Å²) in [6, 6.07) is 0. The van der Waals surface area contributed by atoms with Crippen LogP contribution in [-0.4, -0.2) is 26.8 Å². The second-order valence-electron chi connectivity index (χ2n) is 3.35. The Labute approximate surface area is 105 Å². The first kappa shape index (κ1) is 12.1. The van der Waals surface area contributed by atoms with Crippen molar-refractivity contribution in [3.8, 4) is 0 Å². The van der Waals surface area contributed by atoms with Crippen molar-refractivity contribution in [2.75, 3.05) is 5.75 Å². The summed E-state index contributed by atoms with van der Waals surface area (Å²) in [4.78, 5) is 30.0. The molecule has 0 fully saturated rings. The highest BCUT2D eigenvalue weighted by Gasteiger charge is 2.16. The number of thiophene rings is 1. The highest BCUT2D eigenvalue weighted by Crippen LogP contribution is 2.23. The lowest BCUT2D eigenvalue weighted by molar-refractivity contribution is 0.0699. The molecule has 0 amide bonds. The average molecular weight is 270 g/mol. The van der Waals surface area contributed by atoms with Crippen molar-refractivity contribution in [2.24, 2.45) is 0 Å². The molecule has 0 spiro atoms. The van der Waals surface area contributed by atoms with E-state index in [1.807, 2.05) is 6.92 Å². The number of rotatable bonds is 4. The molecular formula is C10H10N2O3S2. The van der Waals surface area contributed by atoms with Crippen LogP contribution in [0.4, 0.5) is 0 Å². The Bertz CT molecular complexity index is 618. The predicted octanol–water partition coefficient (Wildman–Crippen LogP) is 2.18. The van der Waals surface area contributed by atoms with E-state index in [1.54, 1.807) is 0 Å². The Morgan fingerprint density at radius 3 is 3.06 bits per heavy atom. The van der Waals surface area contributed by atoms with Crippen LogP contribution in [0.2, 0.25) is 0 Å². The first-order valence-corrected chi connectivity index (χ1v) is 6.87. The number of aromatic nitrogens is 2. The fourth-order valence-electron chi connectivity index (χ4n) is 1.35. The van der Waals surface area contributed by atoms with Crippen molar-refractivity contribution in [1.29, 1.82) is 0 Å². The number of nitrogens with zero attached hydrogens (tertiary/aromatic N) is 1. The monoisotopic (exact) mass is 270 g/mol. The number of aromatic amines is 1. The zero-order valence-corrected chi connectivity index (χ0v) is 10.7. The molecule has 0 aromatic carbocycles. The van der Waals surface area contributed by atoms with Gasteiger partial charge in [-0.15, -0.1) is 11.3 Å². The van der Waals surface area contributed by atoms with E-state index in [2.05, 4.69) is 9.97 Å². The second kappa shape index (κ2) is 4.89. The Kier molecular flexibility index (Phi) is 3.49. The van der Waals surface area contributed by atoms with E-state index in [4.69, 9.17) is 5.11 Å². The number of carboxylic acid groups (broad SMARTS) is 1. The van der Waals surface area contributed by atoms with E-state index < -0.39 is 5.97 Å². The maximum atomic E-state index is 11.8. The molecule has 2 aromatic heterocycles. The summed E-state index contributed by atoms with van der Waals surface area (Å²) >= 11 is 2.64. The summed E-state index contributed by atoms with van der Waals surface area (Å²) in [5.74, 6) is -0.233. The third-order valence-corrected chi connectivity index (χ3v) is 4.05. The number of hydrogen-bond donors (Lipinski definition) is 2. The first-order valence-electron chi connectivity index (χ1n) is 5.01. The molecule has 0 saturated heterocycles. The minimum Gasteiger partial charge on any atom is -0.478 e. The first-order chi connectivity index (χ1) is 8.13. The van der Waals surface area contributed by atoms with Crippen molar-refractivity contribution in [3.05, 3.63) is 21.3 Å². The van der Waals surface area contributed by atoms with Gasteiger partial charge >= 0.3 is 5.97 Å². The Balaban J connectivity index is 2.54. The van der Waals surface area contributed by atoms with Gasteiger partial charge in [0.2, 0.25) is 0 Å². The topological polar surface area (TPSA) is 83.0 Å². The van der Waals surface area contributed by atoms with Crippen LogP contribution in [0.1, 0.15) is 23.7 Å². The lowest BCUT2D eigenvalue weighted by atomic mass is 10.2. The summed E-state index contributed by atoms with van der Waals surface area (Å²) in [6.45, 7) is 2.04. The molecular weight excluding hydrogens is 260 g/mol. The summed E-state index contributed by atoms with van der Waals surface area (Å²) in [7, 11) is 0. The molecule has 7 heteroatoms. The summed E-state index contributed by atoms with van der Waals surface area (Å²) < 4.78 is 0. The number of aromatic carboxylic acids is 1. The normalized spacial score (nSPS) is 10.9. The fourth-order valence-corrected chi connectivity index (χ4v) is 3.04. The molecule has 2 rings (SSSR count). The Morgan fingerprint density at radius 1 is 1.65 bits per heavy atom. The molecule has 0 aliphatic carbocycles. The van der Waals surface area contributed by atoms with E-state index in [0.29, 0.717) is 9.99 Å². The third kappa shape index (κ3) is 2.34. The van der Waals surface area contributed by atoms with Gasteiger partial charge in [0.05, 0.1) is 10.9 Å². The van der Waals surface area contributed by atoms with Crippen LogP contribution in [0, 0.1) is 0 Å². The molecule has 0 atom stereocenters. The number of H-pyrrole nitrogens is 1. The molecule has 0 radical (unpaired) electrons. The maximum Gasteiger partial charge on any atom is 0.337 e. The largest absolute Gasteiger partial charge is 0.478 e. The zero-order chi connectivity index (χ0) is 12.4. The van der Waals surface area contributed by atoms with Crippen molar-refractivity contribution in [2.45, 2.75) is 18.5 Å². The molecule has 17 heavy (non-hydrogen) atoms. The van der Waals surface area contributed by atoms with Crippen LogP contribution in [0.25, 0.3) is 10.2 Å². The van der Waals surface area contributed by atoms with Crippen LogP contribution >= 0.6 is 23.1 Å². The van der Waals surface area contributed by atoms with Gasteiger partial charge in [-0.05, 0) is 6.42 Å². The number of thioether (sulfide) groups is 1. The minimum absolute atomic E-state index is 0.0193. The van der Waals surface area contributed by atoms with Crippen molar-refractivity contribution in [3.63, 3.8) is 0 Å². The van der Waals surface area contributed by atoms with E-state index in [0.717, 1.165) is 12.2 Å². The lowest BCUT2D eigenvalue weighted by Crippen LogP contribution is -2.11. The number of fused-ring (bicyclic) bond motifs is 1. The van der Waals surface area contributed by atoms with Crippen molar-refractivity contribution in [1.82, 2.24) is 9.97 Å². The quantitative estimate of drug-likeness (QED) is 0.657. The molecule has 2 aromatic rings. The third-order valence-electron chi connectivity index (χ3n) is 2.10. The van der Waals surface area contributed by atoms with Crippen LogP contribution in [-0.2, 0) is 0 Å². The van der Waals surface area contributed by atoms with E-state index in [9.17, 15) is 9.59 Å². The van der Waals surface area contributed by atoms with Crippen LogP contribution in [0.5, 0.6) is 0 Å². The van der Waals surface area contributed by atoms with Crippen LogP contribution < -0.4 is 5.56 Å². The molecule has 2 N–H and O–H groups in total. The Hall–Kier alpha value is -1.34. The lowest BCUT2D eigenvalue weighted by Gasteiger charge is -1.98. The van der Waals surface area contributed by atoms with E-state index in [1.165, 1.54) is 28.5 Å². The number of nitrogens with one attached hydrogen (secondary N) is 1. The highest BCUT2D eigenvalue weighted by atomic mass is 32.2. The molecule has 0 aliphatic rings. The highest BCUT2D eigenvalue weighted by molar-refractivity contribution is 7.99. The second-order valence-corrected chi connectivity index (χ2v) is 5.30. The molecule has 90 valence electrons. The average Bonchev–Trinajstić information content (AvgIpc) is 2.70. The SMILES string of the molecule is CCCSc1nc2scc(C(=O)O)c2c(=O)[nH]1. The molecule has 0 bridgehead atoms. The van der Waals surface area contributed by atoms with E-state index >= 15 is 0 Å². The molecule has 5 nitrogen and oxygen atoms in total. The Morgan fingerprint density at radius 2 is 2.41 bits per heavy atom. The van der Waals surface area contributed by atoms with E-state index in [-0.39, 0.29) is 16.5 Å². The van der Waals surface area contributed by atoms with Gasteiger partial charge in [0.25, 0.3) is 5.56 Å². The summed E-state index contributed by atoms with van der Waals surface area (Å²) in [6.07, 6.45) is 0.983. The fraction of sp³-hybridized carbons (Fsp3) is 0.300. The van der Waals surface area contributed by atoms with Gasteiger partial charge in [-0.1, -0.05) is 18.7 Å². The molecule has 2 heterocycles. The predicted molar refractivity (Wildman–Crippen MR) is 68.2 cm³/mol. The van der Waals surface area contributed by atoms with Crippen LogP contribution in [0.3, 0.4) is 0 Å². The van der Waals surface area contributed by atoms with Gasteiger partial charge in [0, 0.05) is 11.1 Å². The summed E-state index contributed by atoms with van der Waals surface area (Å²) in [5.41, 5.74) is -0.363. The number of carbonyl (C=O) groups is 1. The van der Waals surface area contributed by atoms with Gasteiger partial charge < -0.3 is 10.1 Å². The molecule has 0 saturated carbocycles. The van der Waals surface area contributed by atoms with Crippen LogP contribution in [0.15, 0.2) is 15.3 Å². The number of carboxylic acids is 1. The van der Waals surface area contributed by atoms with Crippen molar-refractivity contribution < 1.29 is 9.90 Å². The molecule has 0 unspecified atom stereocenters. The van der Waals surface area contributed by atoms with Crippen molar-refractivity contribution >= 4 is 39.3 Å². The standard InChI is InChI=1S/C10H10N2O3S2/c1-2-3-16-10-11-7(13)6-5(9(14)15)4-17-8(6)12-10/h4H,2-3H2,1H3,(H,14,15)(H,11,12,13). The van der Waals surface area contributed by atoms with Gasteiger partial charge in [-0.25, -0.2) is 9.78 Å². The zero-order valence-electron chi connectivity index (χ0n) is 9.02.